The number of nitrogens with one attached hydrogen (secondary N) is 1. The smallest absolute Gasteiger partial charge is 0.130 e. The zero-order chi connectivity index (χ0) is 14.8. The lowest BCUT2D eigenvalue weighted by Crippen LogP contribution is -2.37. The van der Waals surface area contributed by atoms with Crippen LogP contribution in [0.5, 0.6) is 0 Å². The van der Waals surface area contributed by atoms with E-state index in [1.807, 2.05) is 0 Å². The summed E-state index contributed by atoms with van der Waals surface area (Å²) >= 11 is 13.6. The molecule has 0 amide bonds. The maximum absolute atomic E-state index is 6.30. The molecule has 4 nitrogen and oxygen atoms in total. The molecule has 1 aliphatic heterocycles. The molecule has 21 heavy (non-hydrogen) atoms. The van der Waals surface area contributed by atoms with E-state index in [0.29, 0.717) is 16.1 Å². The van der Waals surface area contributed by atoms with Gasteiger partial charge in [-0.15, -0.1) is 0 Å². The average molecular weight is 345 g/mol. The van der Waals surface area contributed by atoms with Crippen molar-refractivity contribution < 1.29 is 0 Å². The number of hydrogen-bond acceptors (Lipinski definition) is 5. The van der Waals surface area contributed by atoms with E-state index in [2.05, 4.69) is 26.0 Å². The summed E-state index contributed by atoms with van der Waals surface area (Å²) in [6.45, 7) is 2.08. The van der Waals surface area contributed by atoms with Gasteiger partial charge in [-0.2, -0.15) is 8.75 Å². The van der Waals surface area contributed by atoms with Gasteiger partial charge in [0.05, 0.1) is 27.5 Å². The molecule has 7 heteroatoms. The highest BCUT2D eigenvalue weighted by Gasteiger charge is 2.19. The van der Waals surface area contributed by atoms with Gasteiger partial charge in [-0.05, 0) is 38.9 Å². The molecule has 1 unspecified atom stereocenters. The van der Waals surface area contributed by atoms with Gasteiger partial charge in [0.1, 0.15) is 11.0 Å². The van der Waals surface area contributed by atoms with Crippen molar-refractivity contribution in [2.45, 2.75) is 31.7 Å². The first-order valence-electron chi connectivity index (χ1n) is 7.21. The molecule has 0 spiro atoms. The van der Waals surface area contributed by atoms with Gasteiger partial charge in [0.25, 0.3) is 0 Å². The summed E-state index contributed by atoms with van der Waals surface area (Å²) in [6, 6.07) is 2.39. The molecule has 1 N–H and O–H groups in total. The number of piperidine rings is 1. The lowest BCUT2D eigenvalue weighted by atomic mass is 10.0. The third-order valence-electron chi connectivity index (χ3n) is 4.14. The van der Waals surface area contributed by atoms with Crippen LogP contribution in [0.2, 0.25) is 10.0 Å². The highest BCUT2D eigenvalue weighted by molar-refractivity contribution is 7.00. The summed E-state index contributed by atoms with van der Waals surface area (Å²) in [7, 11) is 2.21. The van der Waals surface area contributed by atoms with Crippen LogP contribution in [0, 0.1) is 0 Å². The van der Waals surface area contributed by atoms with Crippen LogP contribution < -0.4 is 5.32 Å². The Morgan fingerprint density at radius 3 is 2.90 bits per heavy atom. The van der Waals surface area contributed by atoms with Gasteiger partial charge >= 0.3 is 0 Å². The van der Waals surface area contributed by atoms with Gasteiger partial charge in [0, 0.05) is 12.6 Å². The van der Waals surface area contributed by atoms with Crippen LogP contribution in [0.15, 0.2) is 6.07 Å². The number of hydrogen-bond donors (Lipinski definition) is 1. The van der Waals surface area contributed by atoms with Crippen LogP contribution in [-0.4, -0.2) is 39.8 Å². The van der Waals surface area contributed by atoms with Gasteiger partial charge in [-0.3, -0.25) is 0 Å². The molecule has 0 saturated carbocycles. The predicted molar refractivity (Wildman–Crippen MR) is 90.8 cm³/mol. The lowest BCUT2D eigenvalue weighted by Gasteiger charge is -2.32. The number of nitrogens with zero attached hydrogens (tertiary/aromatic N) is 3. The Hall–Kier alpha value is -0.620. The Morgan fingerprint density at radius 2 is 2.10 bits per heavy atom. The van der Waals surface area contributed by atoms with E-state index in [1.54, 1.807) is 6.07 Å². The molecule has 1 aromatic heterocycles. The van der Waals surface area contributed by atoms with E-state index in [9.17, 15) is 0 Å². The summed E-state index contributed by atoms with van der Waals surface area (Å²) in [5.74, 6) is 0. The van der Waals surface area contributed by atoms with Crippen LogP contribution in [0.25, 0.3) is 11.0 Å². The van der Waals surface area contributed by atoms with E-state index < -0.39 is 0 Å². The zero-order valence-corrected chi connectivity index (χ0v) is 14.2. The third-order valence-corrected chi connectivity index (χ3v) is 5.26. The van der Waals surface area contributed by atoms with Gasteiger partial charge in [-0.25, -0.2) is 0 Å². The fourth-order valence-electron chi connectivity index (χ4n) is 2.91. The number of rotatable bonds is 4. The van der Waals surface area contributed by atoms with E-state index in [-0.39, 0.29) is 0 Å². The molecule has 1 atom stereocenters. The SMILES string of the molecule is CN1CCCCC1CCNc1c(Cl)cc(Cl)c2nsnc12. The van der Waals surface area contributed by atoms with Gasteiger partial charge in [-0.1, -0.05) is 29.6 Å². The Morgan fingerprint density at radius 1 is 1.29 bits per heavy atom. The number of likely N-dealkylation sites (tertiary alicyclic amines) is 1. The Bertz CT molecular complexity index is 631. The quantitative estimate of drug-likeness (QED) is 0.898. The molecule has 1 saturated heterocycles. The van der Waals surface area contributed by atoms with Crippen molar-refractivity contribution in [1.29, 1.82) is 0 Å². The third kappa shape index (κ3) is 3.26. The number of anilines is 1. The second kappa shape index (κ2) is 6.65. The second-order valence-electron chi connectivity index (χ2n) is 5.52. The molecular weight excluding hydrogens is 327 g/mol. The van der Waals surface area contributed by atoms with Crippen LogP contribution in [0.4, 0.5) is 5.69 Å². The van der Waals surface area contributed by atoms with E-state index >= 15 is 0 Å². The fourth-order valence-corrected chi connectivity index (χ4v) is 4.09. The average Bonchev–Trinajstić information content (AvgIpc) is 2.94. The maximum atomic E-state index is 6.30. The molecule has 2 aromatic rings. The molecule has 3 rings (SSSR count). The van der Waals surface area contributed by atoms with Crippen molar-refractivity contribution in [3.8, 4) is 0 Å². The van der Waals surface area contributed by atoms with Crippen LogP contribution in [0.3, 0.4) is 0 Å². The predicted octanol–water partition coefficient (Wildman–Crippen LogP) is 4.28. The first kappa shape index (κ1) is 15.3. The molecule has 1 aromatic carbocycles. The molecule has 2 heterocycles. The van der Waals surface area contributed by atoms with Gasteiger partial charge in [0.15, 0.2) is 0 Å². The largest absolute Gasteiger partial charge is 0.382 e. The Kier molecular flexibility index (Phi) is 4.84. The monoisotopic (exact) mass is 344 g/mol. The highest BCUT2D eigenvalue weighted by atomic mass is 35.5. The van der Waals surface area contributed by atoms with E-state index in [4.69, 9.17) is 23.2 Å². The molecule has 0 aliphatic carbocycles. The fraction of sp³-hybridized carbons (Fsp3) is 0.571. The standard InChI is InChI=1S/C14H18Cl2N4S/c1-20-7-3-2-4-9(20)5-6-17-12-10(15)8-11(16)13-14(12)19-21-18-13/h8-9,17H,2-7H2,1H3. The first-order chi connectivity index (χ1) is 10.2. The summed E-state index contributed by atoms with van der Waals surface area (Å²) in [5, 5.41) is 4.59. The first-order valence-corrected chi connectivity index (χ1v) is 8.70. The normalized spacial score (nSPS) is 20.0. The minimum Gasteiger partial charge on any atom is -0.382 e. The molecule has 1 aliphatic rings. The molecule has 0 radical (unpaired) electrons. The Labute approximate surface area is 138 Å². The molecule has 0 bridgehead atoms. The van der Waals surface area contributed by atoms with Crippen molar-refractivity contribution in [3.63, 3.8) is 0 Å². The molecule has 1 fully saturated rings. The summed E-state index contributed by atoms with van der Waals surface area (Å²) in [6.07, 6.45) is 5.03. The van der Waals surface area contributed by atoms with Crippen LogP contribution >= 0.6 is 34.9 Å². The van der Waals surface area contributed by atoms with E-state index in [1.165, 1.54) is 25.8 Å². The topological polar surface area (TPSA) is 41.0 Å². The zero-order valence-electron chi connectivity index (χ0n) is 11.9. The summed E-state index contributed by atoms with van der Waals surface area (Å²) in [4.78, 5) is 2.45. The van der Waals surface area contributed by atoms with Crippen LogP contribution in [0.1, 0.15) is 25.7 Å². The van der Waals surface area contributed by atoms with Crippen molar-refractivity contribution in [3.05, 3.63) is 16.1 Å². The molecular formula is C14H18Cl2N4S. The number of halogens is 2. The van der Waals surface area contributed by atoms with Crippen LogP contribution in [-0.2, 0) is 0 Å². The minimum absolute atomic E-state index is 0.557. The van der Waals surface area contributed by atoms with Gasteiger partial charge < -0.3 is 10.2 Å². The second-order valence-corrected chi connectivity index (χ2v) is 6.87. The number of fused-ring (bicyclic) bond motifs is 1. The lowest BCUT2D eigenvalue weighted by molar-refractivity contribution is 0.179. The highest BCUT2D eigenvalue weighted by Crippen LogP contribution is 2.35. The van der Waals surface area contributed by atoms with E-state index in [0.717, 1.165) is 41.4 Å². The maximum Gasteiger partial charge on any atom is 0.130 e. The van der Waals surface area contributed by atoms with Gasteiger partial charge in [0.2, 0.25) is 0 Å². The Balaban J connectivity index is 1.69. The van der Waals surface area contributed by atoms with Crippen molar-refractivity contribution >= 4 is 51.7 Å². The number of benzene rings is 1. The summed E-state index contributed by atoms with van der Waals surface area (Å²) in [5.41, 5.74) is 2.35. The molecule has 114 valence electrons. The minimum atomic E-state index is 0.557. The summed E-state index contributed by atoms with van der Waals surface area (Å²) < 4.78 is 8.53. The van der Waals surface area contributed by atoms with Crippen molar-refractivity contribution in [1.82, 2.24) is 13.6 Å². The number of aromatic nitrogens is 2. The van der Waals surface area contributed by atoms with Crippen molar-refractivity contribution in [2.24, 2.45) is 0 Å². The van der Waals surface area contributed by atoms with Crippen molar-refractivity contribution in [2.75, 3.05) is 25.5 Å².